The number of anilines is 2. The molecule has 1 saturated heterocycles. The van der Waals surface area contributed by atoms with Crippen molar-refractivity contribution in [1.82, 2.24) is 30.0 Å². The van der Waals surface area contributed by atoms with Crippen molar-refractivity contribution in [3.63, 3.8) is 0 Å². The molecule has 4 rings (SSSR count). The van der Waals surface area contributed by atoms with Crippen molar-refractivity contribution in [2.45, 2.75) is 66.4 Å². The number of H-pyrrole nitrogens is 2. The van der Waals surface area contributed by atoms with Gasteiger partial charge in [-0.3, -0.25) is 5.10 Å². The first-order valence-electron chi connectivity index (χ1n) is 12.0. The van der Waals surface area contributed by atoms with Crippen molar-refractivity contribution in [3.8, 4) is 5.88 Å². The maximum Gasteiger partial charge on any atom is 0.410 e. The molecule has 1 amide bonds. The fourth-order valence-electron chi connectivity index (χ4n) is 3.74. The highest BCUT2D eigenvalue weighted by Crippen LogP contribution is 2.28. The molecule has 1 atom stereocenters. The maximum atomic E-state index is 11.6. The van der Waals surface area contributed by atoms with Crippen LogP contribution in [0.1, 0.15) is 59.9 Å². The van der Waals surface area contributed by atoms with Gasteiger partial charge in [-0.05, 0) is 52.0 Å². The van der Waals surface area contributed by atoms with Gasteiger partial charge in [-0.15, -0.1) is 0 Å². The Bertz CT molecular complexity index is 1060. The van der Waals surface area contributed by atoms with Crippen LogP contribution in [-0.4, -0.2) is 61.4 Å². The number of ether oxygens (including phenoxy) is 2. The molecule has 1 unspecified atom stereocenters. The summed E-state index contributed by atoms with van der Waals surface area (Å²) in [6.45, 7) is 14.2. The lowest BCUT2D eigenvalue weighted by Gasteiger charge is -2.24. The minimum Gasteiger partial charge on any atom is -0.477 e. The molecule has 10 nitrogen and oxygen atoms in total. The molecule has 0 spiro atoms. The van der Waals surface area contributed by atoms with Gasteiger partial charge in [0.05, 0.1) is 23.9 Å². The van der Waals surface area contributed by atoms with E-state index in [4.69, 9.17) is 9.47 Å². The number of fused-ring (bicyclic) bond motifs is 1. The molecule has 3 aromatic heterocycles. The van der Waals surface area contributed by atoms with Gasteiger partial charge >= 0.3 is 6.09 Å². The fourth-order valence-corrected chi connectivity index (χ4v) is 3.74. The quantitative estimate of drug-likeness (QED) is 0.460. The Hall–Kier alpha value is -3.30. The van der Waals surface area contributed by atoms with E-state index in [-0.39, 0.29) is 11.7 Å². The lowest BCUT2D eigenvalue weighted by molar-refractivity contribution is 0.0288. The van der Waals surface area contributed by atoms with Crippen molar-refractivity contribution >= 4 is 28.8 Å². The Kier molecular flexibility index (Phi) is 8.36. The molecular weight excluding hydrogens is 434 g/mol. The Labute approximate surface area is 200 Å². The van der Waals surface area contributed by atoms with Gasteiger partial charge in [-0.2, -0.15) is 15.1 Å². The second-order valence-electron chi connectivity index (χ2n) is 9.28. The van der Waals surface area contributed by atoms with E-state index in [2.05, 4.69) is 44.3 Å². The average Bonchev–Trinajstić information content (AvgIpc) is 3.54. The standard InChI is InChI=1S/C13H16N6O.C11H21NO2/c1-3-8-5-14-11-10(8)12(20-4-2)19-13(18-11)17-9-6-15-16-7-9;1-5-9-6-7-12(8-9)10(13)14-11(2,3)4/h5-7H,3-4H2,1-2H3,(H,15,16)(H2,14,17,18,19);9H,5-8H2,1-4H3. The number of hydrogen-bond donors (Lipinski definition) is 3. The number of rotatable bonds is 6. The highest BCUT2D eigenvalue weighted by molar-refractivity contribution is 5.86. The van der Waals surface area contributed by atoms with Gasteiger partial charge in [-0.25, -0.2) is 4.79 Å². The van der Waals surface area contributed by atoms with Gasteiger partial charge in [0.25, 0.3) is 0 Å². The van der Waals surface area contributed by atoms with Gasteiger partial charge in [-0.1, -0.05) is 20.3 Å². The van der Waals surface area contributed by atoms with Crippen LogP contribution < -0.4 is 10.1 Å². The molecule has 1 aliphatic heterocycles. The van der Waals surface area contributed by atoms with Crippen molar-refractivity contribution in [2.24, 2.45) is 5.92 Å². The largest absolute Gasteiger partial charge is 0.477 e. The lowest BCUT2D eigenvalue weighted by atomic mass is 10.1. The zero-order chi connectivity index (χ0) is 24.7. The summed E-state index contributed by atoms with van der Waals surface area (Å²) >= 11 is 0. The molecule has 0 bridgehead atoms. The van der Waals surface area contributed by atoms with Crippen LogP contribution in [0.2, 0.25) is 0 Å². The van der Waals surface area contributed by atoms with E-state index < -0.39 is 0 Å². The average molecular weight is 472 g/mol. The van der Waals surface area contributed by atoms with Crippen LogP contribution in [-0.2, 0) is 11.2 Å². The van der Waals surface area contributed by atoms with Gasteiger partial charge in [0.15, 0.2) is 0 Å². The predicted octanol–water partition coefficient (Wildman–Crippen LogP) is 5.04. The second kappa shape index (κ2) is 11.2. The van der Waals surface area contributed by atoms with Crippen LogP contribution >= 0.6 is 0 Å². The number of nitrogens with one attached hydrogen (secondary N) is 3. The van der Waals surface area contributed by atoms with E-state index in [0.717, 1.165) is 54.6 Å². The normalized spacial score (nSPS) is 15.7. The van der Waals surface area contributed by atoms with Crippen LogP contribution in [0.25, 0.3) is 11.0 Å². The summed E-state index contributed by atoms with van der Waals surface area (Å²) in [5, 5.41) is 10.6. The zero-order valence-corrected chi connectivity index (χ0v) is 21.1. The predicted molar refractivity (Wildman–Crippen MR) is 133 cm³/mol. The summed E-state index contributed by atoms with van der Waals surface area (Å²) < 4.78 is 10.9. The Morgan fingerprint density at radius 3 is 2.62 bits per heavy atom. The van der Waals surface area contributed by atoms with E-state index in [0.29, 0.717) is 24.4 Å². The van der Waals surface area contributed by atoms with E-state index >= 15 is 0 Å². The summed E-state index contributed by atoms with van der Waals surface area (Å²) in [7, 11) is 0. The van der Waals surface area contributed by atoms with Crippen molar-refractivity contribution < 1.29 is 14.3 Å². The van der Waals surface area contributed by atoms with Crippen LogP contribution in [0.4, 0.5) is 16.4 Å². The van der Waals surface area contributed by atoms with Gasteiger partial charge in [0, 0.05) is 25.5 Å². The summed E-state index contributed by atoms with van der Waals surface area (Å²) in [5.41, 5.74) is 2.35. The number of aromatic nitrogens is 5. The second-order valence-corrected chi connectivity index (χ2v) is 9.28. The summed E-state index contributed by atoms with van der Waals surface area (Å²) in [6.07, 6.45) is 8.37. The molecule has 0 radical (unpaired) electrons. The molecule has 0 aliphatic carbocycles. The number of carbonyl (C=O) groups is 1. The third-order valence-corrected chi connectivity index (χ3v) is 5.51. The first kappa shape index (κ1) is 25.3. The monoisotopic (exact) mass is 471 g/mol. The summed E-state index contributed by atoms with van der Waals surface area (Å²) in [6, 6.07) is 0. The molecule has 34 heavy (non-hydrogen) atoms. The molecule has 0 aromatic carbocycles. The highest BCUT2D eigenvalue weighted by atomic mass is 16.6. The Balaban J connectivity index is 0.000000204. The summed E-state index contributed by atoms with van der Waals surface area (Å²) in [4.78, 5) is 25.5. The van der Waals surface area contributed by atoms with Crippen molar-refractivity contribution in [2.75, 3.05) is 25.0 Å². The molecule has 4 heterocycles. The fraction of sp³-hybridized carbons (Fsp3) is 0.583. The van der Waals surface area contributed by atoms with Crippen LogP contribution in [0, 0.1) is 5.92 Å². The van der Waals surface area contributed by atoms with Gasteiger partial charge in [0.1, 0.15) is 11.2 Å². The van der Waals surface area contributed by atoms with E-state index in [9.17, 15) is 4.79 Å². The lowest BCUT2D eigenvalue weighted by Crippen LogP contribution is -2.35. The number of hydrogen-bond acceptors (Lipinski definition) is 7. The number of carbonyl (C=O) groups excluding carboxylic acids is 1. The van der Waals surface area contributed by atoms with E-state index in [1.165, 1.54) is 0 Å². The number of aryl methyl sites for hydroxylation is 1. The zero-order valence-electron chi connectivity index (χ0n) is 21.1. The molecular formula is C24H37N7O3. The molecule has 186 valence electrons. The van der Waals surface area contributed by atoms with E-state index in [1.807, 2.05) is 38.8 Å². The molecule has 1 aliphatic rings. The first-order chi connectivity index (χ1) is 16.2. The maximum absolute atomic E-state index is 11.6. The smallest absolute Gasteiger partial charge is 0.410 e. The van der Waals surface area contributed by atoms with E-state index in [1.54, 1.807) is 12.4 Å². The third kappa shape index (κ3) is 6.61. The molecule has 1 fully saturated rings. The Morgan fingerprint density at radius 2 is 2.03 bits per heavy atom. The van der Waals surface area contributed by atoms with Gasteiger partial charge in [0.2, 0.25) is 11.8 Å². The molecule has 3 aromatic rings. The Morgan fingerprint density at radius 1 is 1.24 bits per heavy atom. The minimum absolute atomic E-state index is 0.159. The van der Waals surface area contributed by atoms with Gasteiger partial charge < -0.3 is 24.7 Å². The molecule has 3 N–H and O–H groups in total. The van der Waals surface area contributed by atoms with Crippen LogP contribution in [0.15, 0.2) is 18.6 Å². The number of likely N-dealkylation sites (tertiary alicyclic amines) is 1. The van der Waals surface area contributed by atoms with Crippen LogP contribution in [0.3, 0.4) is 0 Å². The topological polar surface area (TPSA) is 121 Å². The molecule has 10 heteroatoms. The van der Waals surface area contributed by atoms with Crippen LogP contribution in [0.5, 0.6) is 5.88 Å². The van der Waals surface area contributed by atoms with Crippen molar-refractivity contribution in [1.29, 1.82) is 0 Å². The minimum atomic E-state index is -0.374. The SMILES string of the molecule is CCC1CCN(C(=O)OC(C)(C)C)C1.CCOc1nc(Nc2cn[nH]c2)nc2[nH]cc(CC)c12. The number of aromatic amines is 2. The van der Waals surface area contributed by atoms with Crippen molar-refractivity contribution in [3.05, 3.63) is 24.2 Å². The summed E-state index contributed by atoms with van der Waals surface area (Å²) in [5.74, 6) is 1.75. The number of nitrogens with zero attached hydrogens (tertiary/aromatic N) is 4. The molecule has 0 saturated carbocycles. The number of amides is 1. The first-order valence-corrected chi connectivity index (χ1v) is 12.0. The third-order valence-electron chi connectivity index (χ3n) is 5.51. The highest BCUT2D eigenvalue weighted by Gasteiger charge is 2.28.